The third-order valence-corrected chi connectivity index (χ3v) is 5.98. The number of hydrogen-bond donors (Lipinski definition) is 2. The minimum Gasteiger partial charge on any atom is -0.507 e. The van der Waals surface area contributed by atoms with Crippen molar-refractivity contribution >= 4 is 28.5 Å². The van der Waals surface area contributed by atoms with Crippen molar-refractivity contribution in [2.24, 2.45) is 0 Å². The highest BCUT2D eigenvalue weighted by atomic mass is 35.5. The molecule has 0 amide bonds. The van der Waals surface area contributed by atoms with Crippen molar-refractivity contribution in [1.29, 1.82) is 0 Å². The number of aromatic hydroxyl groups is 2. The number of rotatable bonds is 3. The molecule has 2 heterocycles. The van der Waals surface area contributed by atoms with Gasteiger partial charge in [-0.05, 0) is 35.4 Å². The number of carbonyl (C=O) groups excluding carboxylic acids is 1. The van der Waals surface area contributed by atoms with E-state index in [1.165, 1.54) is 25.5 Å². The Kier molecular flexibility index (Phi) is 4.98. The molecule has 5 rings (SSSR count). The number of ether oxygens (including phenoxy) is 2. The Labute approximate surface area is 192 Å². The molecular formula is C25H17ClO7. The molecule has 0 spiro atoms. The molecule has 0 bridgehead atoms. The standard InChI is InChI=1S/C25H17ClO7/c1-31-19-7-4-13(8-17(19)27)15-9-21(29)33-20-10-18(28)23-24(30)16(11-32-25(23)22(15)20)12-2-5-14(26)6-3-12/h2-8,10-11,15,27-28H,9H2,1H3/t15-/m0/s1. The summed E-state index contributed by atoms with van der Waals surface area (Å²) >= 11 is 5.95. The van der Waals surface area contributed by atoms with Crippen LogP contribution in [0.3, 0.4) is 0 Å². The van der Waals surface area contributed by atoms with Crippen LogP contribution >= 0.6 is 11.6 Å². The molecule has 0 aliphatic carbocycles. The van der Waals surface area contributed by atoms with Gasteiger partial charge in [0.2, 0.25) is 5.43 Å². The van der Waals surface area contributed by atoms with Gasteiger partial charge in [-0.25, -0.2) is 0 Å². The molecule has 0 saturated carbocycles. The van der Waals surface area contributed by atoms with Crippen LogP contribution in [0.1, 0.15) is 23.5 Å². The van der Waals surface area contributed by atoms with Crippen LogP contribution in [-0.4, -0.2) is 23.3 Å². The highest BCUT2D eigenvalue weighted by Gasteiger charge is 2.34. The van der Waals surface area contributed by atoms with E-state index < -0.39 is 17.3 Å². The fourth-order valence-electron chi connectivity index (χ4n) is 4.17. The first-order chi connectivity index (χ1) is 15.9. The number of halogens is 1. The second-order valence-corrected chi connectivity index (χ2v) is 8.10. The zero-order valence-corrected chi connectivity index (χ0v) is 18.1. The lowest BCUT2D eigenvalue weighted by molar-refractivity contribution is -0.135. The minimum absolute atomic E-state index is 0.0260. The van der Waals surface area contributed by atoms with Crippen LogP contribution in [0.5, 0.6) is 23.0 Å². The van der Waals surface area contributed by atoms with Gasteiger partial charge in [-0.2, -0.15) is 0 Å². The van der Waals surface area contributed by atoms with E-state index in [1.807, 2.05) is 0 Å². The molecule has 4 aromatic rings. The highest BCUT2D eigenvalue weighted by molar-refractivity contribution is 6.30. The molecule has 7 nitrogen and oxygen atoms in total. The Bertz CT molecular complexity index is 1470. The number of fused-ring (bicyclic) bond motifs is 3. The summed E-state index contributed by atoms with van der Waals surface area (Å²) in [6, 6.07) is 12.7. The molecule has 1 atom stereocenters. The first-order valence-corrected chi connectivity index (χ1v) is 10.4. The van der Waals surface area contributed by atoms with Crippen molar-refractivity contribution < 1.29 is 28.9 Å². The van der Waals surface area contributed by atoms with E-state index in [1.54, 1.807) is 36.4 Å². The van der Waals surface area contributed by atoms with Crippen molar-refractivity contribution in [3.63, 3.8) is 0 Å². The molecule has 8 heteroatoms. The first kappa shape index (κ1) is 20.9. The predicted octanol–water partition coefficient (Wildman–Crippen LogP) is 4.97. The van der Waals surface area contributed by atoms with Gasteiger partial charge in [0.1, 0.15) is 28.7 Å². The number of hydrogen-bond acceptors (Lipinski definition) is 7. The quantitative estimate of drug-likeness (QED) is 0.325. The number of esters is 1. The summed E-state index contributed by atoms with van der Waals surface area (Å²) in [5, 5.41) is 21.4. The van der Waals surface area contributed by atoms with Crippen LogP contribution in [0.15, 0.2) is 64.0 Å². The molecule has 0 radical (unpaired) electrons. The topological polar surface area (TPSA) is 106 Å². The van der Waals surface area contributed by atoms with Crippen LogP contribution < -0.4 is 14.9 Å². The Hall–Kier alpha value is -3.97. The summed E-state index contributed by atoms with van der Waals surface area (Å²) in [5.74, 6) is -1.16. The molecule has 0 unspecified atom stereocenters. The van der Waals surface area contributed by atoms with E-state index >= 15 is 0 Å². The average Bonchev–Trinajstić information content (AvgIpc) is 2.79. The lowest BCUT2D eigenvalue weighted by Crippen LogP contribution is -2.22. The zero-order valence-electron chi connectivity index (χ0n) is 17.3. The Morgan fingerprint density at radius 3 is 2.48 bits per heavy atom. The minimum atomic E-state index is -0.578. The lowest BCUT2D eigenvalue weighted by Gasteiger charge is -2.26. The van der Waals surface area contributed by atoms with E-state index in [4.69, 9.17) is 25.5 Å². The number of methoxy groups -OCH3 is 1. The molecule has 166 valence electrons. The fourth-order valence-corrected chi connectivity index (χ4v) is 4.30. The van der Waals surface area contributed by atoms with E-state index in [0.29, 0.717) is 21.7 Å². The third kappa shape index (κ3) is 3.47. The zero-order chi connectivity index (χ0) is 23.3. The van der Waals surface area contributed by atoms with Gasteiger partial charge in [0.15, 0.2) is 11.5 Å². The monoisotopic (exact) mass is 464 g/mol. The smallest absolute Gasteiger partial charge is 0.312 e. The van der Waals surface area contributed by atoms with Gasteiger partial charge in [0, 0.05) is 22.6 Å². The summed E-state index contributed by atoms with van der Waals surface area (Å²) in [4.78, 5) is 25.7. The summed E-state index contributed by atoms with van der Waals surface area (Å²) in [5.41, 5.74) is 1.54. The fraction of sp³-hybridized carbons (Fsp3) is 0.120. The van der Waals surface area contributed by atoms with Gasteiger partial charge in [0.25, 0.3) is 0 Å². The van der Waals surface area contributed by atoms with E-state index in [-0.39, 0.29) is 46.0 Å². The van der Waals surface area contributed by atoms with Gasteiger partial charge in [-0.3, -0.25) is 9.59 Å². The summed E-state index contributed by atoms with van der Waals surface area (Å²) in [6.45, 7) is 0. The van der Waals surface area contributed by atoms with E-state index in [2.05, 4.69) is 0 Å². The predicted molar refractivity (Wildman–Crippen MR) is 121 cm³/mol. The molecule has 0 fully saturated rings. The molecule has 1 aliphatic heterocycles. The van der Waals surface area contributed by atoms with Crippen LogP contribution in [0, 0.1) is 0 Å². The Morgan fingerprint density at radius 1 is 1.03 bits per heavy atom. The third-order valence-electron chi connectivity index (χ3n) is 5.73. The molecular weight excluding hydrogens is 448 g/mol. The van der Waals surface area contributed by atoms with Crippen molar-refractivity contribution in [3.05, 3.63) is 81.2 Å². The van der Waals surface area contributed by atoms with Crippen LogP contribution in [0.4, 0.5) is 0 Å². The first-order valence-electron chi connectivity index (χ1n) is 10.0. The molecule has 2 N–H and O–H groups in total. The normalized spacial score (nSPS) is 15.2. The highest BCUT2D eigenvalue weighted by Crippen LogP contribution is 2.46. The summed E-state index contributed by atoms with van der Waals surface area (Å²) in [7, 11) is 1.44. The van der Waals surface area contributed by atoms with Gasteiger partial charge >= 0.3 is 5.97 Å². The molecule has 1 aliphatic rings. The molecule has 3 aromatic carbocycles. The second kappa shape index (κ2) is 7.86. The van der Waals surface area contributed by atoms with Crippen molar-refractivity contribution in [2.75, 3.05) is 7.11 Å². The van der Waals surface area contributed by atoms with E-state index in [9.17, 15) is 19.8 Å². The summed E-state index contributed by atoms with van der Waals surface area (Å²) in [6.07, 6.45) is 1.27. The van der Waals surface area contributed by atoms with Gasteiger partial charge in [0.05, 0.1) is 19.1 Å². The number of phenols is 2. The number of benzene rings is 3. The number of carbonyl (C=O) groups is 1. The van der Waals surface area contributed by atoms with Crippen molar-refractivity contribution in [2.45, 2.75) is 12.3 Å². The molecule has 0 saturated heterocycles. The van der Waals surface area contributed by atoms with Crippen LogP contribution in [0.25, 0.3) is 22.1 Å². The maximum atomic E-state index is 13.3. The second-order valence-electron chi connectivity index (χ2n) is 7.66. The molecule has 33 heavy (non-hydrogen) atoms. The van der Waals surface area contributed by atoms with Gasteiger partial charge in [-0.1, -0.05) is 29.8 Å². The van der Waals surface area contributed by atoms with Gasteiger partial charge < -0.3 is 24.1 Å². The largest absolute Gasteiger partial charge is 0.507 e. The maximum absolute atomic E-state index is 13.3. The van der Waals surface area contributed by atoms with Crippen LogP contribution in [-0.2, 0) is 4.79 Å². The van der Waals surface area contributed by atoms with Crippen molar-refractivity contribution in [1.82, 2.24) is 0 Å². The Morgan fingerprint density at radius 2 is 1.79 bits per heavy atom. The van der Waals surface area contributed by atoms with Crippen LogP contribution in [0.2, 0.25) is 5.02 Å². The van der Waals surface area contributed by atoms with Gasteiger partial charge in [-0.15, -0.1) is 0 Å². The Balaban J connectivity index is 1.75. The van der Waals surface area contributed by atoms with Crippen molar-refractivity contribution in [3.8, 4) is 34.1 Å². The SMILES string of the molecule is COc1ccc([C@@H]2CC(=O)Oc3cc(O)c4c(=O)c(-c5ccc(Cl)cc5)coc4c32)cc1O. The summed E-state index contributed by atoms with van der Waals surface area (Å²) < 4.78 is 16.3. The number of phenolic OH excluding ortho intramolecular Hbond substituents is 2. The average molecular weight is 465 g/mol. The van der Waals surface area contributed by atoms with E-state index in [0.717, 1.165) is 0 Å². The maximum Gasteiger partial charge on any atom is 0.312 e. The lowest BCUT2D eigenvalue weighted by atomic mass is 9.84. The molecule has 1 aromatic heterocycles.